The first-order valence-corrected chi connectivity index (χ1v) is 5.62. The molecule has 0 fully saturated rings. The molecule has 3 nitrogen and oxygen atoms in total. The van der Waals surface area contributed by atoms with Gasteiger partial charge in [-0.2, -0.15) is 0 Å². The molecule has 0 aliphatic carbocycles. The number of nitrogens with zero attached hydrogens (tertiary/aromatic N) is 2. The Morgan fingerprint density at radius 1 is 1.22 bits per heavy atom. The van der Waals surface area contributed by atoms with Gasteiger partial charge in [0.1, 0.15) is 19.0 Å². The van der Waals surface area contributed by atoms with E-state index in [1.54, 1.807) is 24.5 Å². The summed E-state index contributed by atoms with van der Waals surface area (Å²) < 4.78 is 17.2. The van der Waals surface area contributed by atoms with Crippen LogP contribution in [0.25, 0.3) is 0 Å². The third-order valence-electron chi connectivity index (χ3n) is 2.20. The lowest BCUT2D eigenvalue weighted by Gasteiger charge is -2.03. The maximum atomic E-state index is 12.0. The Hall–Kier alpha value is -2.23. The van der Waals surface area contributed by atoms with Gasteiger partial charge >= 0.3 is 0 Å². The van der Waals surface area contributed by atoms with E-state index >= 15 is 0 Å². The minimum Gasteiger partial charge on any atom is -0.491 e. The largest absolute Gasteiger partial charge is 0.491 e. The number of para-hydroxylation sites is 1. The highest BCUT2D eigenvalue weighted by molar-refractivity contribution is 5.79. The quantitative estimate of drug-likeness (QED) is 0.756. The molecular weight excluding hydrogens is 230 g/mol. The highest BCUT2D eigenvalue weighted by atomic mass is 18.2. The van der Waals surface area contributed by atoms with Gasteiger partial charge < -0.3 is 4.74 Å². The molecule has 4 heteroatoms. The molecule has 92 valence electrons. The first kappa shape index (κ1) is 12.2. The van der Waals surface area contributed by atoms with Crippen molar-refractivity contribution in [3.63, 3.8) is 0 Å². The normalized spacial score (nSPS) is 10.7. The van der Waals surface area contributed by atoms with E-state index in [1.165, 1.54) is 0 Å². The second kappa shape index (κ2) is 6.49. The zero-order valence-corrected chi connectivity index (χ0v) is 9.79. The maximum Gasteiger partial charge on any atom is 0.123 e. The van der Waals surface area contributed by atoms with Crippen molar-refractivity contribution in [1.29, 1.82) is 0 Å². The van der Waals surface area contributed by atoms with Crippen LogP contribution in [0.3, 0.4) is 0 Å². The first-order chi connectivity index (χ1) is 8.88. The van der Waals surface area contributed by atoms with Crippen LogP contribution < -0.4 is 4.74 Å². The number of hydrogen-bond acceptors (Lipinski definition) is 3. The van der Waals surface area contributed by atoms with Crippen LogP contribution in [-0.2, 0) is 0 Å². The Kier molecular flexibility index (Phi) is 4.41. The smallest absolute Gasteiger partial charge is 0.123 e. The minimum absolute atomic E-state index is 0.0548. The molecule has 0 aliphatic rings. The predicted octanol–water partition coefficient (Wildman–Crippen LogP) is 3.18. The summed E-state index contributed by atoms with van der Waals surface area (Å²) in [5, 5.41) is 0. The molecule has 0 spiro atoms. The molecule has 0 atom stereocenters. The van der Waals surface area contributed by atoms with Crippen molar-refractivity contribution < 1.29 is 9.13 Å². The standard InChI is InChI=1S/C14H13FN2O/c15-7-9-18-14-6-8-16-13(10-14)11-17-12-4-2-1-3-5-12/h1-6,8,10-11H,7,9H2/b17-11+/i15-1. The Labute approximate surface area is 105 Å². The molecule has 2 rings (SSSR count). The van der Waals surface area contributed by atoms with Crippen LogP contribution in [-0.4, -0.2) is 24.5 Å². The molecule has 2 aromatic rings. The van der Waals surface area contributed by atoms with Crippen molar-refractivity contribution in [1.82, 2.24) is 4.98 Å². The second-order valence-electron chi connectivity index (χ2n) is 3.55. The molecule has 1 aromatic carbocycles. The fraction of sp³-hybridized carbons (Fsp3) is 0.143. The van der Waals surface area contributed by atoms with Crippen molar-refractivity contribution in [3.05, 3.63) is 54.4 Å². The van der Waals surface area contributed by atoms with Gasteiger partial charge in [-0.3, -0.25) is 9.98 Å². The third-order valence-corrected chi connectivity index (χ3v) is 2.20. The summed E-state index contributed by atoms with van der Waals surface area (Å²) in [4.78, 5) is 8.42. The van der Waals surface area contributed by atoms with Crippen molar-refractivity contribution in [2.24, 2.45) is 4.99 Å². The van der Waals surface area contributed by atoms with Gasteiger partial charge in [0.05, 0.1) is 17.6 Å². The molecule has 0 radical (unpaired) electrons. The number of halogens is 1. The summed E-state index contributed by atoms with van der Waals surface area (Å²) in [7, 11) is 0. The van der Waals surface area contributed by atoms with Gasteiger partial charge in [0.2, 0.25) is 0 Å². The van der Waals surface area contributed by atoms with Crippen molar-refractivity contribution in [3.8, 4) is 5.75 Å². The molecule has 1 aromatic heterocycles. The Bertz CT molecular complexity index is 514. The summed E-state index contributed by atoms with van der Waals surface area (Å²) in [6.45, 7) is -0.449. The SMILES string of the molecule is [18F]CCOc1ccnc(/C=N/c2ccccc2)c1. The molecular formula is C14H13FN2O. The average Bonchev–Trinajstić information content (AvgIpc) is 2.44. The molecule has 1 heterocycles. The topological polar surface area (TPSA) is 34.5 Å². The fourth-order valence-electron chi connectivity index (χ4n) is 1.40. The number of pyridine rings is 1. The van der Waals surface area contributed by atoms with Gasteiger partial charge in [-0.15, -0.1) is 0 Å². The number of rotatable bonds is 5. The third kappa shape index (κ3) is 3.66. The van der Waals surface area contributed by atoms with Gasteiger partial charge in [0.25, 0.3) is 0 Å². The maximum absolute atomic E-state index is 12.0. The van der Waals surface area contributed by atoms with E-state index in [2.05, 4.69) is 9.98 Å². The Morgan fingerprint density at radius 3 is 2.83 bits per heavy atom. The Balaban J connectivity index is 2.07. The van der Waals surface area contributed by atoms with Gasteiger partial charge in [0, 0.05) is 12.3 Å². The fourth-order valence-corrected chi connectivity index (χ4v) is 1.40. The number of aromatic nitrogens is 1. The van der Waals surface area contributed by atoms with Crippen LogP contribution >= 0.6 is 0 Å². The number of ether oxygens (including phenoxy) is 1. The van der Waals surface area contributed by atoms with E-state index in [1.807, 2.05) is 30.3 Å². The predicted molar refractivity (Wildman–Crippen MR) is 69.4 cm³/mol. The lowest BCUT2D eigenvalue weighted by atomic mass is 10.3. The molecule has 18 heavy (non-hydrogen) atoms. The van der Waals surface area contributed by atoms with Gasteiger partial charge in [-0.25, -0.2) is 4.39 Å². The first-order valence-electron chi connectivity index (χ1n) is 5.62. The highest BCUT2D eigenvalue weighted by Gasteiger charge is 1.96. The monoisotopic (exact) mass is 243 g/mol. The van der Waals surface area contributed by atoms with Crippen LogP contribution in [0, 0.1) is 0 Å². The molecule has 0 saturated carbocycles. The minimum atomic E-state index is -0.504. The van der Waals surface area contributed by atoms with Gasteiger partial charge in [-0.05, 0) is 18.2 Å². The van der Waals surface area contributed by atoms with E-state index in [9.17, 15) is 4.39 Å². The van der Waals surface area contributed by atoms with E-state index in [0.29, 0.717) is 11.4 Å². The van der Waals surface area contributed by atoms with Crippen LogP contribution in [0.4, 0.5) is 10.1 Å². The van der Waals surface area contributed by atoms with Gasteiger partial charge in [-0.1, -0.05) is 18.2 Å². The Morgan fingerprint density at radius 2 is 2.06 bits per heavy atom. The average molecular weight is 243 g/mol. The van der Waals surface area contributed by atoms with Crippen LogP contribution in [0.1, 0.15) is 5.69 Å². The van der Waals surface area contributed by atoms with Crippen LogP contribution in [0.15, 0.2) is 53.7 Å². The van der Waals surface area contributed by atoms with Crippen molar-refractivity contribution in [2.45, 2.75) is 0 Å². The zero-order chi connectivity index (χ0) is 12.6. The van der Waals surface area contributed by atoms with E-state index in [-0.39, 0.29) is 6.61 Å². The molecule has 0 saturated heterocycles. The van der Waals surface area contributed by atoms with Crippen LogP contribution in [0.5, 0.6) is 5.75 Å². The number of benzene rings is 1. The van der Waals surface area contributed by atoms with Crippen molar-refractivity contribution >= 4 is 11.9 Å². The summed E-state index contributed by atoms with van der Waals surface area (Å²) in [5.74, 6) is 0.595. The van der Waals surface area contributed by atoms with E-state index in [0.717, 1.165) is 5.69 Å². The second-order valence-corrected chi connectivity index (χ2v) is 3.55. The summed E-state index contributed by atoms with van der Waals surface area (Å²) in [5.41, 5.74) is 1.53. The lowest BCUT2D eigenvalue weighted by Crippen LogP contribution is -1.99. The summed E-state index contributed by atoms with van der Waals surface area (Å²) in [6, 6.07) is 13.0. The van der Waals surface area contributed by atoms with E-state index in [4.69, 9.17) is 4.74 Å². The summed E-state index contributed by atoms with van der Waals surface area (Å²) in [6.07, 6.45) is 3.26. The van der Waals surface area contributed by atoms with E-state index < -0.39 is 6.67 Å². The molecule has 0 aliphatic heterocycles. The van der Waals surface area contributed by atoms with Gasteiger partial charge in [0.15, 0.2) is 0 Å². The lowest BCUT2D eigenvalue weighted by molar-refractivity contribution is 0.273. The number of aliphatic imine (C=N–C) groups is 1. The molecule has 0 unspecified atom stereocenters. The number of alkyl halides is 1. The highest BCUT2D eigenvalue weighted by Crippen LogP contribution is 2.12. The molecule has 0 bridgehead atoms. The van der Waals surface area contributed by atoms with Crippen molar-refractivity contribution in [2.75, 3.05) is 13.3 Å². The number of hydrogen-bond donors (Lipinski definition) is 0. The summed E-state index contributed by atoms with van der Waals surface area (Å²) >= 11 is 0. The van der Waals surface area contributed by atoms with Crippen LogP contribution in [0.2, 0.25) is 0 Å². The zero-order valence-electron chi connectivity index (χ0n) is 9.79. The molecule has 0 N–H and O–H groups in total. The molecule has 0 amide bonds.